The summed E-state index contributed by atoms with van der Waals surface area (Å²) in [5.41, 5.74) is 13.7. The van der Waals surface area contributed by atoms with Crippen molar-refractivity contribution in [3.63, 3.8) is 0 Å². The molecule has 0 saturated carbocycles. The van der Waals surface area contributed by atoms with Crippen LogP contribution in [0.4, 0.5) is 0 Å². The Morgan fingerprint density at radius 2 is 1.00 bits per heavy atom. The number of aromatic nitrogens is 4. The number of fused-ring (bicyclic) bond motifs is 1. The van der Waals surface area contributed by atoms with E-state index < -0.39 is 0 Å². The molecule has 0 fully saturated rings. The third-order valence-corrected chi connectivity index (χ3v) is 8.71. The van der Waals surface area contributed by atoms with Gasteiger partial charge in [0.15, 0.2) is 0 Å². The number of aryl methyl sites for hydroxylation is 1. The molecule has 0 spiro atoms. The summed E-state index contributed by atoms with van der Waals surface area (Å²) < 4.78 is 0. The van der Waals surface area contributed by atoms with E-state index in [0.29, 0.717) is 0 Å². The summed E-state index contributed by atoms with van der Waals surface area (Å²) in [6, 6.07) is 54.7. The normalized spacial score (nSPS) is 11.1. The summed E-state index contributed by atoms with van der Waals surface area (Å²) in [6.07, 6.45) is 5.31. The van der Waals surface area contributed by atoms with Gasteiger partial charge in [-0.15, -0.1) is 0 Å². The molecule has 4 aromatic heterocycles. The van der Waals surface area contributed by atoms with E-state index in [1.165, 1.54) is 27.6 Å². The molecule has 8 rings (SSSR count). The predicted octanol–water partition coefficient (Wildman–Crippen LogP) is 10.5. The van der Waals surface area contributed by atoms with Crippen LogP contribution in [-0.4, -0.2) is 19.9 Å². The van der Waals surface area contributed by atoms with Crippen LogP contribution in [0.15, 0.2) is 170 Å². The van der Waals surface area contributed by atoms with Gasteiger partial charge < -0.3 is 0 Å². The maximum Gasteiger partial charge on any atom is 0.0900 e. The second kappa shape index (κ2) is 13.2. The first-order valence-electron chi connectivity index (χ1n) is 16.3. The van der Waals surface area contributed by atoms with E-state index in [2.05, 4.69) is 131 Å². The monoisotopic (exact) mass is 616 g/mol. The zero-order chi connectivity index (χ0) is 32.1. The Morgan fingerprint density at radius 3 is 1.67 bits per heavy atom. The maximum atomic E-state index is 5.27. The van der Waals surface area contributed by atoms with E-state index in [-0.39, 0.29) is 0 Å². The van der Waals surface area contributed by atoms with Crippen molar-refractivity contribution in [1.29, 1.82) is 0 Å². The fraction of sp³-hybridized carbons (Fsp3) is 0.0455. The summed E-state index contributed by atoms with van der Waals surface area (Å²) in [5.74, 6) is 0. The number of rotatable bonds is 8. The van der Waals surface area contributed by atoms with Gasteiger partial charge >= 0.3 is 0 Å². The molecule has 4 heterocycles. The van der Waals surface area contributed by atoms with Crippen LogP contribution >= 0.6 is 0 Å². The van der Waals surface area contributed by atoms with E-state index in [0.717, 1.165) is 63.5 Å². The van der Waals surface area contributed by atoms with Crippen LogP contribution in [0, 0.1) is 0 Å². The lowest BCUT2D eigenvalue weighted by Crippen LogP contribution is -2.02. The zero-order valence-electron chi connectivity index (χ0n) is 26.4. The van der Waals surface area contributed by atoms with Crippen molar-refractivity contribution in [3.05, 3.63) is 181 Å². The molecule has 4 nitrogen and oxygen atoms in total. The molecule has 0 radical (unpaired) electrons. The van der Waals surface area contributed by atoms with Gasteiger partial charge in [0, 0.05) is 23.3 Å². The third-order valence-electron chi connectivity index (χ3n) is 8.71. The number of hydrogen-bond donors (Lipinski definition) is 0. The second-order valence-corrected chi connectivity index (χ2v) is 11.8. The zero-order valence-corrected chi connectivity index (χ0v) is 26.4. The largest absolute Gasteiger partial charge is 0.255 e. The highest BCUT2D eigenvalue weighted by Gasteiger charge is 2.18. The Balaban J connectivity index is 1.21. The van der Waals surface area contributed by atoms with E-state index in [1.807, 2.05) is 36.4 Å². The lowest BCUT2D eigenvalue weighted by atomic mass is 9.88. The maximum absolute atomic E-state index is 5.27. The van der Waals surface area contributed by atoms with Crippen molar-refractivity contribution in [1.82, 2.24) is 19.9 Å². The van der Waals surface area contributed by atoms with E-state index in [4.69, 9.17) is 9.97 Å². The van der Waals surface area contributed by atoms with Crippen LogP contribution in [0.2, 0.25) is 0 Å². The minimum Gasteiger partial charge on any atom is -0.255 e. The molecule has 0 saturated heterocycles. The first-order valence-corrected chi connectivity index (χ1v) is 16.3. The van der Waals surface area contributed by atoms with Crippen molar-refractivity contribution in [2.24, 2.45) is 0 Å². The topological polar surface area (TPSA) is 51.6 Å². The van der Waals surface area contributed by atoms with Crippen LogP contribution in [0.1, 0.15) is 11.1 Å². The summed E-state index contributed by atoms with van der Waals surface area (Å²) in [4.78, 5) is 19.4. The molecule has 4 aromatic carbocycles. The Bertz CT molecular complexity index is 2260. The molecule has 0 bridgehead atoms. The van der Waals surface area contributed by atoms with E-state index in [9.17, 15) is 0 Å². The average Bonchev–Trinajstić information content (AvgIpc) is 3.18. The van der Waals surface area contributed by atoms with Gasteiger partial charge in [0.2, 0.25) is 0 Å². The molecular weight excluding hydrogens is 585 g/mol. The number of para-hydroxylation sites is 1. The standard InChI is InChI=1S/C44H32N4/c1-3-15-32(16-4-1)43-36-20-7-8-21-38(36)48-44(33-17-5-2-6-18-33)37(43)25-24-31-14-13-19-34(28-31)35-29-41(39-22-9-11-26-45-39)47-42(30-35)40-23-10-12-27-46-40/h1-23,26-30H,24-25H2. The van der Waals surface area contributed by atoms with Gasteiger partial charge in [0.1, 0.15) is 0 Å². The van der Waals surface area contributed by atoms with Crippen molar-refractivity contribution in [2.45, 2.75) is 12.8 Å². The van der Waals surface area contributed by atoms with Crippen LogP contribution in [-0.2, 0) is 12.8 Å². The molecule has 4 heteroatoms. The van der Waals surface area contributed by atoms with Crippen LogP contribution in [0.3, 0.4) is 0 Å². The summed E-state index contributed by atoms with van der Waals surface area (Å²) >= 11 is 0. The molecule has 8 aromatic rings. The summed E-state index contributed by atoms with van der Waals surface area (Å²) in [7, 11) is 0. The van der Waals surface area contributed by atoms with Gasteiger partial charge in [0.05, 0.1) is 34.0 Å². The second-order valence-electron chi connectivity index (χ2n) is 11.8. The van der Waals surface area contributed by atoms with Crippen LogP contribution in [0.5, 0.6) is 0 Å². The highest BCUT2D eigenvalue weighted by molar-refractivity contribution is 5.99. The van der Waals surface area contributed by atoms with Gasteiger partial charge in [-0.05, 0) is 88.7 Å². The number of benzene rings is 4. The van der Waals surface area contributed by atoms with Gasteiger partial charge in [0.25, 0.3) is 0 Å². The Kier molecular flexibility index (Phi) is 8.04. The van der Waals surface area contributed by atoms with Crippen molar-refractivity contribution in [2.75, 3.05) is 0 Å². The third kappa shape index (κ3) is 6.00. The smallest absolute Gasteiger partial charge is 0.0900 e. The molecule has 0 aliphatic heterocycles. The minimum absolute atomic E-state index is 0.821. The molecule has 0 amide bonds. The lowest BCUT2D eigenvalue weighted by molar-refractivity contribution is 0.959. The number of hydrogen-bond acceptors (Lipinski definition) is 4. The molecular formula is C44H32N4. The average molecular weight is 617 g/mol. The van der Waals surface area contributed by atoms with E-state index >= 15 is 0 Å². The molecule has 48 heavy (non-hydrogen) atoms. The Hall–Kier alpha value is -6.26. The Morgan fingerprint density at radius 1 is 0.396 bits per heavy atom. The van der Waals surface area contributed by atoms with Crippen molar-refractivity contribution in [3.8, 4) is 56.3 Å². The molecule has 0 N–H and O–H groups in total. The molecule has 0 unspecified atom stereocenters. The lowest BCUT2D eigenvalue weighted by Gasteiger charge is -2.18. The first-order chi connectivity index (χ1) is 23.8. The summed E-state index contributed by atoms with van der Waals surface area (Å²) in [6.45, 7) is 0. The van der Waals surface area contributed by atoms with E-state index in [1.54, 1.807) is 12.4 Å². The number of nitrogens with zero attached hydrogens (tertiary/aromatic N) is 4. The predicted molar refractivity (Wildman–Crippen MR) is 196 cm³/mol. The van der Waals surface area contributed by atoms with Crippen molar-refractivity contribution < 1.29 is 0 Å². The minimum atomic E-state index is 0.821. The highest BCUT2D eigenvalue weighted by Crippen LogP contribution is 2.38. The molecule has 0 aliphatic carbocycles. The van der Waals surface area contributed by atoms with Gasteiger partial charge in [-0.1, -0.05) is 115 Å². The van der Waals surface area contributed by atoms with Crippen LogP contribution in [0.25, 0.3) is 67.2 Å². The first kappa shape index (κ1) is 29.2. The summed E-state index contributed by atoms with van der Waals surface area (Å²) in [5, 5.41) is 1.17. The number of pyridine rings is 4. The fourth-order valence-electron chi connectivity index (χ4n) is 6.43. The molecule has 228 valence electrons. The van der Waals surface area contributed by atoms with Crippen molar-refractivity contribution >= 4 is 10.9 Å². The fourth-order valence-corrected chi connectivity index (χ4v) is 6.43. The quantitative estimate of drug-likeness (QED) is 0.170. The molecule has 0 aliphatic rings. The van der Waals surface area contributed by atoms with Gasteiger partial charge in [-0.3, -0.25) is 9.97 Å². The Labute approximate surface area is 280 Å². The highest BCUT2D eigenvalue weighted by atomic mass is 14.8. The molecule has 0 atom stereocenters. The SMILES string of the molecule is c1ccc(-c2nc3ccccc3c(-c3ccccc3)c2CCc2cccc(-c3cc(-c4ccccn4)nc(-c4ccccn4)c3)c2)cc1. The van der Waals surface area contributed by atoms with Gasteiger partial charge in [-0.2, -0.15) is 0 Å². The van der Waals surface area contributed by atoms with Gasteiger partial charge in [-0.25, -0.2) is 9.97 Å². The van der Waals surface area contributed by atoms with Crippen LogP contribution < -0.4 is 0 Å².